The predicted molar refractivity (Wildman–Crippen MR) is 102 cm³/mol. The highest BCUT2D eigenvalue weighted by Crippen LogP contribution is 2.20. The van der Waals surface area contributed by atoms with E-state index in [9.17, 15) is 22.7 Å². The van der Waals surface area contributed by atoms with Crippen LogP contribution in [0.25, 0.3) is 6.08 Å². The van der Waals surface area contributed by atoms with Gasteiger partial charge in [0.25, 0.3) is 0 Å². The number of carbonyl (C=O) groups is 1. The van der Waals surface area contributed by atoms with E-state index in [0.29, 0.717) is 5.56 Å². The molecule has 0 amide bonds. The Kier molecular flexibility index (Phi) is 5.56. The molecule has 7 heteroatoms. The van der Waals surface area contributed by atoms with Crippen LogP contribution in [0.5, 0.6) is 11.5 Å². The van der Waals surface area contributed by atoms with Crippen LogP contribution >= 0.6 is 0 Å². The molecule has 0 heterocycles. The first-order valence-electron chi connectivity index (χ1n) is 8.15. The van der Waals surface area contributed by atoms with Crippen molar-refractivity contribution >= 4 is 22.0 Å². The van der Waals surface area contributed by atoms with Gasteiger partial charge < -0.3 is 9.29 Å². The largest absolute Gasteiger partial charge is 0.508 e. The number of phenols is 1. The number of aromatic hydroxyl groups is 1. The van der Waals surface area contributed by atoms with Crippen LogP contribution in [-0.2, 0) is 10.1 Å². The average molecular weight is 398 g/mol. The molecule has 0 aromatic heterocycles. The second-order valence-electron chi connectivity index (χ2n) is 5.81. The summed E-state index contributed by atoms with van der Waals surface area (Å²) in [5, 5.41) is 9.24. The molecule has 0 saturated carbocycles. The molecular formula is C21H15FO5S. The van der Waals surface area contributed by atoms with Crippen molar-refractivity contribution in [3.8, 4) is 11.5 Å². The molecule has 0 saturated heterocycles. The van der Waals surface area contributed by atoms with Crippen molar-refractivity contribution in [1.82, 2.24) is 0 Å². The summed E-state index contributed by atoms with van der Waals surface area (Å²) >= 11 is 0. The number of hydrogen-bond acceptors (Lipinski definition) is 5. The van der Waals surface area contributed by atoms with Crippen LogP contribution in [0.15, 0.2) is 83.8 Å². The van der Waals surface area contributed by atoms with Crippen molar-refractivity contribution in [2.45, 2.75) is 4.90 Å². The number of hydrogen-bond donors (Lipinski definition) is 1. The van der Waals surface area contributed by atoms with Gasteiger partial charge in [-0.3, -0.25) is 4.79 Å². The standard InChI is InChI=1S/C21H15FO5S/c22-17-2-1-3-20(14-17)28(25,26)27-19-11-7-16(8-12-19)21(24)13-6-15-4-9-18(23)10-5-15/h1-14,23H. The number of allylic oxidation sites excluding steroid dienone is 1. The number of ketones is 1. The average Bonchev–Trinajstić information content (AvgIpc) is 2.67. The number of benzene rings is 3. The summed E-state index contributed by atoms with van der Waals surface area (Å²) < 4.78 is 42.5. The molecule has 1 N–H and O–H groups in total. The lowest BCUT2D eigenvalue weighted by molar-refractivity contribution is 0.104. The van der Waals surface area contributed by atoms with Gasteiger partial charge in [-0.05, 0) is 66.2 Å². The number of halogens is 1. The van der Waals surface area contributed by atoms with Crippen LogP contribution in [-0.4, -0.2) is 19.3 Å². The van der Waals surface area contributed by atoms with E-state index in [0.717, 1.165) is 17.7 Å². The molecule has 0 bridgehead atoms. The van der Waals surface area contributed by atoms with Gasteiger partial charge >= 0.3 is 10.1 Å². The molecular weight excluding hydrogens is 383 g/mol. The molecule has 142 valence electrons. The van der Waals surface area contributed by atoms with Crippen molar-refractivity contribution < 1.29 is 26.9 Å². The first kappa shape index (κ1) is 19.3. The molecule has 0 atom stereocenters. The molecule has 0 aliphatic rings. The van der Waals surface area contributed by atoms with Gasteiger partial charge in [-0.2, -0.15) is 8.42 Å². The minimum Gasteiger partial charge on any atom is -0.508 e. The maximum atomic E-state index is 13.2. The predicted octanol–water partition coefficient (Wildman–Crippen LogP) is 4.20. The molecule has 0 unspecified atom stereocenters. The van der Waals surface area contributed by atoms with Crippen LogP contribution in [0.3, 0.4) is 0 Å². The van der Waals surface area contributed by atoms with Crippen LogP contribution in [0.4, 0.5) is 4.39 Å². The zero-order valence-electron chi connectivity index (χ0n) is 14.4. The Morgan fingerprint density at radius 1 is 0.964 bits per heavy atom. The van der Waals surface area contributed by atoms with E-state index in [1.165, 1.54) is 54.6 Å². The first-order chi connectivity index (χ1) is 13.3. The smallest absolute Gasteiger partial charge is 0.339 e. The van der Waals surface area contributed by atoms with Crippen molar-refractivity contribution in [2.75, 3.05) is 0 Å². The van der Waals surface area contributed by atoms with Gasteiger partial charge in [-0.15, -0.1) is 0 Å². The Hall–Kier alpha value is -3.45. The zero-order valence-corrected chi connectivity index (χ0v) is 15.3. The van der Waals surface area contributed by atoms with E-state index in [-0.39, 0.29) is 22.2 Å². The third-order valence-electron chi connectivity index (χ3n) is 3.75. The summed E-state index contributed by atoms with van der Waals surface area (Å²) in [7, 11) is -4.18. The fraction of sp³-hybridized carbons (Fsp3) is 0. The summed E-state index contributed by atoms with van der Waals surface area (Å²) in [6.07, 6.45) is 2.96. The Bertz CT molecular complexity index is 1120. The summed E-state index contributed by atoms with van der Waals surface area (Å²) in [5.74, 6) is -0.839. The fourth-order valence-electron chi connectivity index (χ4n) is 2.33. The van der Waals surface area contributed by atoms with Gasteiger partial charge in [0.15, 0.2) is 5.78 Å². The molecule has 0 radical (unpaired) electrons. The van der Waals surface area contributed by atoms with E-state index in [4.69, 9.17) is 4.18 Å². The third kappa shape index (κ3) is 4.83. The molecule has 28 heavy (non-hydrogen) atoms. The van der Waals surface area contributed by atoms with Crippen LogP contribution in [0.1, 0.15) is 15.9 Å². The summed E-state index contributed by atoms with van der Waals surface area (Å²) in [4.78, 5) is 11.9. The van der Waals surface area contributed by atoms with Gasteiger partial charge in [0.2, 0.25) is 0 Å². The van der Waals surface area contributed by atoms with Crippen LogP contribution in [0.2, 0.25) is 0 Å². The molecule has 3 aromatic rings. The topological polar surface area (TPSA) is 80.7 Å². The van der Waals surface area contributed by atoms with Gasteiger partial charge in [-0.1, -0.05) is 24.3 Å². The second kappa shape index (κ2) is 8.06. The number of rotatable bonds is 6. The van der Waals surface area contributed by atoms with E-state index >= 15 is 0 Å². The van der Waals surface area contributed by atoms with Crippen molar-refractivity contribution in [2.24, 2.45) is 0 Å². The van der Waals surface area contributed by atoms with Crippen molar-refractivity contribution in [3.05, 3.63) is 95.8 Å². The maximum absolute atomic E-state index is 13.2. The van der Waals surface area contributed by atoms with Crippen LogP contribution in [0, 0.1) is 5.82 Å². The van der Waals surface area contributed by atoms with E-state index in [1.807, 2.05) is 0 Å². The fourth-order valence-corrected chi connectivity index (χ4v) is 3.29. The van der Waals surface area contributed by atoms with Crippen molar-refractivity contribution in [3.63, 3.8) is 0 Å². The molecule has 3 aromatic carbocycles. The van der Waals surface area contributed by atoms with Gasteiger partial charge in [-0.25, -0.2) is 4.39 Å². The molecule has 5 nitrogen and oxygen atoms in total. The number of phenolic OH excluding ortho intramolecular Hbond substituents is 1. The highest BCUT2D eigenvalue weighted by Gasteiger charge is 2.17. The van der Waals surface area contributed by atoms with Gasteiger partial charge in [0.1, 0.15) is 22.2 Å². The summed E-state index contributed by atoms with van der Waals surface area (Å²) in [6.45, 7) is 0. The van der Waals surface area contributed by atoms with E-state index in [1.54, 1.807) is 18.2 Å². The van der Waals surface area contributed by atoms with Gasteiger partial charge in [0.05, 0.1) is 0 Å². The zero-order chi connectivity index (χ0) is 20.1. The van der Waals surface area contributed by atoms with E-state index < -0.39 is 15.9 Å². The Morgan fingerprint density at radius 3 is 2.29 bits per heavy atom. The molecule has 3 rings (SSSR count). The minimum absolute atomic E-state index is 0.00308. The molecule has 0 aliphatic heterocycles. The summed E-state index contributed by atoms with van der Waals surface area (Å²) in [5.41, 5.74) is 1.08. The Labute approximate surface area is 161 Å². The third-order valence-corrected chi connectivity index (χ3v) is 4.99. The molecule has 0 fully saturated rings. The second-order valence-corrected chi connectivity index (χ2v) is 7.35. The monoisotopic (exact) mass is 398 g/mol. The molecule has 0 aliphatic carbocycles. The van der Waals surface area contributed by atoms with Gasteiger partial charge in [0, 0.05) is 5.56 Å². The highest BCUT2D eigenvalue weighted by molar-refractivity contribution is 7.87. The van der Waals surface area contributed by atoms with E-state index in [2.05, 4.69) is 0 Å². The first-order valence-corrected chi connectivity index (χ1v) is 9.56. The summed E-state index contributed by atoms with van der Waals surface area (Å²) in [6, 6.07) is 16.4. The SMILES string of the molecule is O=C(C=Cc1ccc(O)cc1)c1ccc(OS(=O)(=O)c2cccc(F)c2)cc1. The minimum atomic E-state index is -4.18. The Balaban J connectivity index is 1.70. The maximum Gasteiger partial charge on any atom is 0.339 e. The lowest BCUT2D eigenvalue weighted by Gasteiger charge is -2.07. The Morgan fingerprint density at radius 2 is 1.64 bits per heavy atom. The lowest BCUT2D eigenvalue weighted by Crippen LogP contribution is -2.10. The lowest BCUT2D eigenvalue weighted by atomic mass is 10.1. The number of carbonyl (C=O) groups excluding carboxylic acids is 1. The molecule has 0 spiro atoms. The normalized spacial score (nSPS) is 11.5. The quantitative estimate of drug-likeness (QED) is 0.382. The highest BCUT2D eigenvalue weighted by atomic mass is 32.2. The van der Waals surface area contributed by atoms with Crippen molar-refractivity contribution in [1.29, 1.82) is 0 Å². The van der Waals surface area contributed by atoms with Crippen LogP contribution < -0.4 is 4.18 Å².